The van der Waals surface area contributed by atoms with Crippen molar-refractivity contribution in [2.75, 3.05) is 0 Å². The van der Waals surface area contributed by atoms with Gasteiger partial charge in [0.1, 0.15) is 11.5 Å². The molecule has 0 heterocycles. The Hall–Kier alpha value is -2.08. The van der Waals surface area contributed by atoms with Gasteiger partial charge >= 0.3 is 6.36 Å². The Morgan fingerprint density at radius 3 is 1.90 bits per heavy atom. The molecule has 2 aromatic rings. The van der Waals surface area contributed by atoms with Gasteiger partial charge in [-0.25, -0.2) is 0 Å². The molecule has 0 aliphatic heterocycles. The fraction of sp³-hybridized carbons (Fsp3) is 0.0714. The number of thiocarbonyl (C=S) groups is 1. The molecule has 0 atom stereocenters. The number of ether oxygens (including phenoxy) is 2. The molecule has 0 N–H and O–H groups in total. The molecule has 0 amide bonds. The molecule has 0 fully saturated rings. The van der Waals surface area contributed by atoms with Crippen LogP contribution in [-0.4, -0.2) is 11.9 Å². The van der Waals surface area contributed by atoms with Gasteiger partial charge in [0.2, 0.25) is 0 Å². The summed E-state index contributed by atoms with van der Waals surface area (Å²) in [4.78, 5) is 0. The van der Waals surface area contributed by atoms with E-state index in [0.717, 1.165) is 5.55 Å². The predicted molar refractivity (Wildman–Crippen MR) is 72.8 cm³/mol. The Morgan fingerprint density at radius 2 is 1.35 bits per heavy atom. The fourth-order valence-electron chi connectivity index (χ4n) is 1.75. The quantitative estimate of drug-likeness (QED) is 0.769. The minimum absolute atomic E-state index is 0.275. The first-order chi connectivity index (χ1) is 9.51. The van der Waals surface area contributed by atoms with Crippen molar-refractivity contribution in [1.29, 1.82) is 0 Å². The molecule has 0 saturated heterocycles. The van der Waals surface area contributed by atoms with Crippen LogP contribution in [0.15, 0.2) is 48.5 Å². The minimum atomic E-state index is -4.75. The van der Waals surface area contributed by atoms with Gasteiger partial charge in [0, 0.05) is 11.1 Å². The molecule has 0 spiro atoms. The smallest absolute Gasteiger partial charge is 0.453 e. The van der Waals surface area contributed by atoms with Crippen molar-refractivity contribution in [3.8, 4) is 22.6 Å². The summed E-state index contributed by atoms with van der Waals surface area (Å²) in [6, 6.07) is 12.5. The number of para-hydroxylation sites is 2. The van der Waals surface area contributed by atoms with Crippen LogP contribution in [0.3, 0.4) is 0 Å². The Labute approximate surface area is 118 Å². The highest BCUT2D eigenvalue weighted by molar-refractivity contribution is 7.78. The van der Waals surface area contributed by atoms with Gasteiger partial charge < -0.3 is 9.47 Å². The summed E-state index contributed by atoms with van der Waals surface area (Å²) in [7, 11) is 0. The summed E-state index contributed by atoms with van der Waals surface area (Å²) in [5.41, 5.74) is 1.79. The largest absolute Gasteiger partial charge is 0.573 e. The van der Waals surface area contributed by atoms with E-state index in [1.54, 1.807) is 30.3 Å². The lowest BCUT2D eigenvalue weighted by Crippen LogP contribution is -2.17. The van der Waals surface area contributed by atoms with E-state index >= 15 is 0 Å². The Balaban J connectivity index is 2.50. The van der Waals surface area contributed by atoms with Gasteiger partial charge in [-0.3, -0.25) is 0 Å². The molecule has 2 rings (SSSR count). The molecule has 0 unspecified atom stereocenters. The van der Waals surface area contributed by atoms with Gasteiger partial charge in [-0.05, 0) is 24.4 Å². The van der Waals surface area contributed by atoms with E-state index < -0.39 is 6.36 Å². The lowest BCUT2D eigenvalue weighted by molar-refractivity contribution is -0.274. The van der Waals surface area contributed by atoms with Crippen LogP contribution in [0, 0.1) is 0 Å². The minimum Gasteiger partial charge on any atom is -0.453 e. The van der Waals surface area contributed by atoms with Crippen molar-refractivity contribution in [2.24, 2.45) is 0 Å². The van der Waals surface area contributed by atoms with Gasteiger partial charge in [0.15, 0.2) is 5.55 Å². The Kier molecular flexibility index (Phi) is 4.24. The average molecular weight is 298 g/mol. The second-order valence-corrected chi connectivity index (χ2v) is 3.95. The first-order valence-electron chi connectivity index (χ1n) is 5.56. The summed E-state index contributed by atoms with van der Waals surface area (Å²) in [5, 5.41) is 0. The van der Waals surface area contributed by atoms with Crippen molar-refractivity contribution >= 4 is 17.8 Å². The van der Waals surface area contributed by atoms with E-state index in [1.165, 1.54) is 18.2 Å². The fourth-order valence-corrected chi connectivity index (χ4v) is 1.85. The molecular formula is C14H9F3O2S. The average Bonchev–Trinajstić information content (AvgIpc) is 2.39. The van der Waals surface area contributed by atoms with E-state index in [-0.39, 0.29) is 11.3 Å². The second kappa shape index (κ2) is 5.92. The third kappa shape index (κ3) is 3.48. The summed E-state index contributed by atoms with van der Waals surface area (Å²) in [5.74, 6) is 0.0705. The standard InChI is InChI=1S/C14H9F3O2S/c15-14(16,17)19-13-8-4-2-6-11(13)10-5-1-3-7-12(10)18-9-20/h1-9H. The molecule has 2 nitrogen and oxygen atoms in total. The SMILES string of the molecule is FC(F)(F)Oc1ccccc1-c1ccccc1OC=S. The van der Waals surface area contributed by atoms with Crippen molar-refractivity contribution < 1.29 is 22.6 Å². The molecule has 0 bridgehead atoms. The summed E-state index contributed by atoms with van der Waals surface area (Å²) < 4.78 is 46.4. The van der Waals surface area contributed by atoms with Gasteiger partial charge in [-0.1, -0.05) is 36.4 Å². The molecule has 0 saturated carbocycles. The maximum Gasteiger partial charge on any atom is 0.573 e. The Morgan fingerprint density at radius 1 is 0.850 bits per heavy atom. The van der Waals surface area contributed by atoms with Crippen LogP contribution in [-0.2, 0) is 0 Å². The number of hydrogen-bond donors (Lipinski definition) is 0. The summed E-state index contributed by atoms with van der Waals surface area (Å²) in [6.07, 6.45) is -4.75. The van der Waals surface area contributed by atoms with E-state index in [2.05, 4.69) is 17.0 Å². The zero-order valence-electron chi connectivity index (χ0n) is 10.1. The zero-order chi connectivity index (χ0) is 14.6. The summed E-state index contributed by atoms with van der Waals surface area (Å²) >= 11 is 4.61. The topological polar surface area (TPSA) is 18.5 Å². The van der Waals surface area contributed by atoms with Crippen LogP contribution in [0.4, 0.5) is 13.2 Å². The highest BCUT2D eigenvalue weighted by atomic mass is 32.1. The zero-order valence-corrected chi connectivity index (χ0v) is 10.9. The lowest BCUT2D eigenvalue weighted by atomic mass is 10.0. The van der Waals surface area contributed by atoms with Gasteiger partial charge in [0.05, 0.1) is 0 Å². The third-order valence-corrected chi connectivity index (χ3v) is 2.56. The molecule has 0 aromatic heterocycles. The van der Waals surface area contributed by atoms with Crippen LogP contribution in [0.25, 0.3) is 11.1 Å². The third-order valence-electron chi connectivity index (χ3n) is 2.47. The van der Waals surface area contributed by atoms with E-state index in [4.69, 9.17) is 4.74 Å². The molecule has 2 aromatic carbocycles. The Bertz CT molecular complexity index is 611. The molecule has 0 aliphatic carbocycles. The van der Waals surface area contributed by atoms with Crippen LogP contribution >= 0.6 is 12.2 Å². The van der Waals surface area contributed by atoms with Crippen molar-refractivity contribution in [2.45, 2.75) is 6.36 Å². The van der Waals surface area contributed by atoms with E-state index in [9.17, 15) is 13.2 Å². The van der Waals surface area contributed by atoms with E-state index in [0.29, 0.717) is 11.3 Å². The van der Waals surface area contributed by atoms with Gasteiger partial charge in [-0.2, -0.15) is 0 Å². The number of benzene rings is 2. The van der Waals surface area contributed by atoms with Gasteiger partial charge in [0.25, 0.3) is 0 Å². The molecule has 0 radical (unpaired) electrons. The number of rotatable bonds is 4. The monoisotopic (exact) mass is 298 g/mol. The molecule has 0 aliphatic rings. The first-order valence-corrected chi connectivity index (χ1v) is 6.03. The highest BCUT2D eigenvalue weighted by Crippen LogP contribution is 2.38. The highest BCUT2D eigenvalue weighted by Gasteiger charge is 2.32. The number of halogens is 3. The molecule has 6 heteroatoms. The van der Waals surface area contributed by atoms with Crippen molar-refractivity contribution in [3.05, 3.63) is 48.5 Å². The van der Waals surface area contributed by atoms with Crippen LogP contribution in [0.5, 0.6) is 11.5 Å². The molecule has 104 valence electrons. The first kappa shape index (κ1) is 14.3. The maximum atomic E-state index is 12.4. The molecular weight excluding hydrogens is 289 g/mol. The van der Waals surface area contributed by atoms with Crippen molar-refractivity contribution in [1.82, 2.24) is 0 Å². The maximum absolute atomic E-state index is 12.4. The predicted octanol–water partition coefficient (Wildman–Crippen LogP) is 4.59. The number of hydrogen-bond acceptors (Lipinski definition) is 3. The van der Waals surface area contributed by atoms with Crippen LogP contribution < -0.4 is 9.47 Å². The molecule has 20 heavy (non-hydrogen) atoms. The van der Waals surface area contributed by atoms with Gasteiger partial charge in [-0.15, -0.1) is 13.2 Å². The summed E-state index contributed by atoms with van der Waals surface area (Å²) in [6.45, 7) is 0. The van der Waals surface area contributed by atoms with E-state index in [1.807, 2.05) is 0 Å². The second-order valence-electron chi connectivity index (χ2n) is 3.75. The van der Waals surface area contributed by atoms with Crippen LogP contribution in [0.2, 0.25) is 0 Å². The van der Waals surface area contributed by atoms with Crippen LogP contribution in [0.1, 0.15) is 0 Å². The lowest BCUT2D eigenvalue weighted by Gasteiger charge is -2.14. The van der Waals surface area contributed by atoms with Crippen molar-refractivity contribution in [3.63, 3.8) is 0 Å². The number of alkyl halides is 3. The normalized spacial score (nSPS) is 10.9.